The molecule has 0 radical (unpaired) electrons. The van der Waals surface area contributed by atoms with Gasteiger partial charge in [-0.3, -0.25) is 14.4 Å². The summed E-state index contributed by atoms with van der Waals surface area (Å²) in [6.45, 7) is 1.53. The molecule has 0 saturated carbocycles. The van der Waals surface area contributed by atoms with Gasteiger partial charge in [0.05, 0.1) is 19.3 Å². The molecule has 3 aromatic carbocycles. The number of para-hydroxylation sites is 2. The minimum absolute atomic E-state index is 0.0389. The van der Waals surface area contributed by atoms with Crippen LogP contribution in [0.1, 0.15) is 27.6 Å². The first kappa shape index (κ1) is 21.6. The number of amides is 2. The van der Waals surface area contributed by atoms with Gasteiger partial charge < -0.3 is 20.7 Å². The van der Waals surface area contributed by atoms with Crippen LogP contribution in [-0.4, -0.2) is 31.3 Å². The molecule has 31 heavy (non-hydrogen) atoms. The average molecular weight is 417 g/mol. The minimum Gasteiger partial charge on any atom is -0.495 e. The van der Waals surface area contributed by atoms with Crippen molar-refractivity contribution in [2.45, 2.75) is 6.92 Å². The van der Waals surface area contributed by atoms with Gasteiger partial charge in [0, 0.05) is 22.5 Å². The summed E-state index contributed by atoms with van der Waals surface area (Å²) >= 11 is 0. The molecule has 0 aromatic heterocycles. The lowest BCUT2D eigenvalue weighted by molar-refractivity contribution is -0.114. The smallest absolute Gasteiger partial charge is 0.255 e. The van der Waals surface area contributed by atoms with E-state index in [4.69, 9.17) is 4.74 Å². The van der Waals surface area contributed by atoms with Crippen LogP contribution >= 0.6 is 0 Å². The Kier molecular flexibility index (Phi) is 7.01. The van der Waals surface area contributed by atoms with Crippen LogP contribution in [0.3, 0.4) is 0 Å². The summed E-state index contributed by atoms with van der Waals surface area (Å²) < 4.78 is 5.23. The van der Waals surface area contributed by atoms with Gasteiger partial charge >= 0.3 is 0 Å². The molecule has 7 nitrogen and oxygen atoms in total. The molecule has 0 bridgehead atoms. The predicted molar refractivity (Wildman–Crippen MR) is 121 cm³/mol. The molecule has 0 aliphatic carbocycles. The molecule has 2 amide bonds. The van der Waals surface area contributed by atoms with Crippen molar-refractivity contribution in [2.24, 2.45) is 0 Å². The zero-order chi connectivity index (χ0) is 22.2. The molecule has 0 heterocycles. The van der Waals surface area contributed by atoms with Gasteiger partial charge in [0.1, 0.15) is 5.75 Å². The predicted octanol–water partition coefficient (Wildman–Crippen LogP) is 4.20. The minimum atomic E-state index is -0.283. The van der Waals surface area contributed by atoms with E-state index in [-0.39, 0.29) is 24.1 Å². The van der Waals surface area contributed by atoms with E-state index in [9.17, 15) is 14.4 Å². The molecule has 0 aliphatic heterocycles. The maximum Gasteiger partial charge on any atom is 0.255 e. The molecular formula is C24H23N3O4. The van der Waals surface area contributed by atoms with Crippen LogP contribution in [0.4, 0.5) is 17.1 Å². The lowest BCUT2D eigenvalue weighted by Crippen LogP contribution is -2.22. The molecule has 0 saturated heterocycles. The molecule has 158 valence electrons. The number of nitrogens with one attached hydrogen (secondary N) is 3. The van der Waals surface area contributed by atoms with Gasteiger partial charge in [-0.05, 0) is 55.5 Å². The highest BCUT2D eigenvalue weighted by molar-refractivity contribution is 6.05. The second kappa shape index (κ2) is 10.1. The van der Waals surface area contributed by atoms with Crippen molar-refractivity contribution in [3.63, 3.8) is 0 Å². The summed E-state index contributed by atoms with van der Waals surface area (Å²) in [5, 5.41) is 8.55. The summed E-state index contributed by atoms with van der Waals surface area (Å²) in [5.41, 5.74) is 2.85. The second-order valence-electron chi connectivity index (χ2n) is 6.77. The van der Waals surface area contributed by atoms with Crippen LogP contribution < -0.4 is 20.7 Å². The SMILES string of the molecule is COc1ccccc1NC(=O)c1ccc(NC(=O)CNc2cccc(C(C)=O)c2)cc1. The van der Waals surface area contributed by atoms with Crippen LogP contribution in [0.25, 0.3) is 0 Å². The molecule has 3 aromatic rings. The van der Waals surface area contributed by atoms with E-state index in [1.165, 1.54) is 14.0 Å². The summed E-state index contributed by atoms with van der Waals surface area (Å²) in [5.74, 6) is -0.00198. The fourth-order valence-corrected chi connectivity index (χ4v) is 2.88. The van der Waals surface area contributed by atoms with E-state index in [0.717, 1.165) is 0 Å². The number of Topliss-reactive ketones (excluding diaryl/α,β-unsaturated/α-hetero) is 1. The highest BCUT2D eigenvalue weighted by atomic mass is 16.5. The zero-order valence-electron chi connectivity index (χ0n) is 17.3. The van der Waals surface area contributed by atoms with Crippen molar-refractivity contribution in [3.8, 4) is 5.75 Å². The van der Waals surface area contributed by atoms with Crippen molar-refractivity contribution >= 4 is 34.7 Å². The van der Waals surface area contributed by atoms with Gasteiger partial charge in [-0.15, -0.1) is 0 Å². The van der Waals surface area contributed by atoms with Gasteiger partial charge in [-0.1, -0.05) is 24.3 Å². The third kappa shape index (κ3) is 5.93. The average Bonchev–Trinajstić information content (AvgIpc) is 2.78. The first-order chi connectivity index (χ1) is 15.0. The maximum atomic E-state index is 12.5. The molecule has 0 aliphatic rings. The molecule has 0 spiro atoms. The summed E-state index contributed by atoms with van der Waals surface area (Å²) in [7, 11) is 1.54. The highest BCUT2D eigenvalue weighted by Crippen LogP contribution is 2.24. The summed E-state index contributed by atoms with van der Waals surface area (Å²) in [6.07, 6.45) is 0. The Labute approximate surface area is 180 Å². The first-order valence-corrected chi connectivity index (χ1v) is 9.65. The summed E-state index contributed by atoms with van der Waals surface area (Å²) in [4.78, 5) is 36.1. The fraction of sp³-hybridized carbons (Fsp3) is 0.125. The topological polar surface area (TPSA) is 96.5 Å². The van der Waals surface area contributed by atoms with Gasteiger partial charge in [-0.25, -0.2) is 0 Å². The third-order valence-corrected chi connectivity index (χ3v) is 4.51. The number of benzene rings is 3. The van der Waals surface area contributed by atoms with Crippen molar-refractivity contribution in [1.82, 2.24) is 0 Å². The van der Waals surface area contributed by atoms with Crippen LogP contribution in [0, 0.1) is 0 Å². The zero-order valence-corrected chi connectivity index (χ0v) is 17.3. The molecule has 7 heteroatoms. The quantitative estimate of drug-likeness (QED) is 0.477. The molecular weight excluding hydrogens is 394 g/mol. The Morgan fingerprint density at radius 1 is 0.806 bits per heavy atom. The molecule has 0 fully saturated rings. The van der Waals surface area contributed by atoms with Crippen molar-refractivity contribution in [1.29, 1.82) is 0 Å². The lowest BCUT2D eigenvalue weighted by Gasteiger charge is -2.11. The fourth-order valence-electron chi connectivity index (χ4n) is 2.88. The molecule has 3 N–H and O–H groups in total. The normalized spacial score (nSPS) is 10.1. The number of carbonyl (C=O) groups is 3. The number of hydrogen-bond donors (Lipinski definition) is 3. The Hall–Kier alpha value is -4.13. The number of anilines is 3. The van der Waals surface area contributed by atoms with Gasteiger partial charge in [0.2, 0.25) is 5.91 Å². The van der Waals surface area contributed by atoms with Gasteiger partial charge in [0.25, 0.3) is 5.91 Å². The molecule has 0 atom stereocenters. The largest absolute Gasteiger partial charge is 0.495 e. The van der Waals surface area contributed by atoms with Crippen molar-refractivity contribution < 1.29 is 19.1 Å². The number of carbonyl (C=O) groups excluding carboxylic acids is 3. The number of hydrogen-bond acceptors (Lipinski definition) is 5. The number of ether oxygens (including phenoxy) is 1. The first-order valence-electron chi connectivity index (χ1n) is 9.65. The number of rotatable bonds is 8. The second-order valence-corrected chi connectivity index (χ2v) is 6.77. The van der Waals surface area contributed by atoms with Crippen LogP contribution in [-0.2, 0) is 4.79 Å². The van der Waals surface area contributed by atoms with E-state index in [1.807, 2.05) is 6.07 Å². The van der Waals surface area contributed by atoms with Crippen molar-refractivity contribution in [3.05, 3.63) is 83.9 Å². The van der Waals surface area contributed by atoms with E-state index >= 15 is 0 Å². The monoisotopic (exact) mass is 417 g/mol. The van der Waals surface area contributed by atoms with Crippen LogP contribution in [0.15, 0.2) is 72.8 Å². The lowest BCUT2D eigenvalue weighted by atomic mass is 10.1. The van der Waals surface area contributed by atoms with Crippen LogP contribution in [0.5, 0.6) is 5.75 Å². The Balaban J connectivity index is 1.55. The molecule has 3 rings (SSSR count). The highest BCUT2D eigenvalue weighted by Gasteiger charge is 2.10. The van der Waals surface area contributed by atoms with Crippen molar-refractivity contribution in [2.75, 3.05) is 29.6 Å². The Morgan fingerprint density at radius 2 is 1.55 bits per heavy atom. The van der Waals surface area contributed by atoms with E-state index < -0.39 is 0 Å². The van der Waals surface area contributed by atoms with Gasteiger partial charge in [-0.2, -0.15) is 0 Å². The maximum absolute atomic E-state index is 12.5. The Morgan fingerprint density at radius 3 is 2.26 bits per heavy atom. The third-order valence-electron chi connectivity index (χ3n) is 4.51. The number of ketones is 1. The van der Waals surface area contributed by atoms with E-state index in [2.05, 4.69) is 16.0 Å². The molecule has 0 unspecified atom stereocenters. The van der Waals surface area contributed by atoms with Crippen LogP contribution in [0.2, 0.25) is 0 Å². The Bertz CT molecular complexity index is 1090. The van der Waals surface area contributed by atoms with E-state index in [1.54, 1.807) is 66.7 Å². The number of methoxy groups -OCH3 is 1. The van der Waals surface area contributed by atoms with E-state index in [0.29, 0.717) is 33.9 Å². The summed E-state index contributed by atoms with van der Waals surface area (Å²) in [6, 6.07) is 20.7. The standard InChI is InChI=1S/C24H23N3O4/c1-16(28)18-6-5-7-20(14-18)25-15-23(29)26-19-12-10-17(11-13-19)24(30)27-21-8-3-4-9-22(21)31-2/h3-14,25H,15H2,1-2H3,(H,26,29)(H,27,30). The van der Waals surface area contributed by atoms with Gasteiger partial charge in [0.15, 0.2) is 5.78 Å².